The first kappa shape index (κ1) is 14.9. The van der Waals surface area contributed by atoms with E-state index in [1.54, 1.807) is 20.8 Å². The Morgan fingerprint density at radius 3 is 1.93 bits per heavy atom. The summed E-state index contributed by atoms with van der Waals surface area (Å²) in [4.78, 5) is 0. The van der Waals surface area contributed by atoms with Crippen molar-refractivity contribution < 1.29 is 8.42 Å². The van der Waals surface area contributed by atoms with Crippen molar-refractivity contribution in [1.82, 2.24) is 0 Å². The van der Waals surface area contributed by atoms with Crippen molar-refractivity contribution in [3.8, 4) is 0 Å². The summed E-state index contributed by atoms with van der Waals surface area (Å²) in [7, 11) is -2.99. The zero-order chi connectivity index (χ0) is 12.3. The average Bonchev–Trinajstić information content (AvgIpc) is 2.02. The minimum absolute atomic E-state index is 0.247. The van der Waals surface area contributed by atoms with Gasteiger partial charge in [-0.15, -0.1) is 0 Å². The van der Waals surface area contributed by atoms with Crippen LogP contribution in [0.25, 0.3) is 0 Å². The summed E-state index contributed by atoms with van der Waals surface area (Å²) < 4.78 is 23.1. The molecular weight excluding hydrogens is 210 g/mol. The molecule has 1 atom stereocenters. The fourth-order valence-corrected chi connectivity index (χ4v) is 2.56. The third-order valence-electron chi connectivity index (χ3n) is 2.94. The second-order valence-corrected chi connectivity index (χ2v) is 8.32. The van der Waals surface area contributed by atoms with Crippen LogP contribution in [0.15, 0.2) is 0 Å². The summed E-state index contributed by atoms with van der Waals surface area (Å²) in [5, 5.41) is 0. The zero-order valence-electron chi connectivity index (χ0n) is 10.6. The van der Waals surface area contributed by atoms with Crippen LogP contribution in [0.1, 0.15) is 41.0 Å². The Labute approximate surface area is 94.4 Å². The number of rotatable bonds is 5. The molecule has 0 aromatic heterocycles. The number of hydrogen-bond donors (Lipinski definition) is 1. The molecule has 92 valence electrons. The number of hydrogen-bond acceptors (Lipinski definition) is 3. The fourth-order valence-electron chi connectivity index (χ4n) is 1.34. The quantitative estimate of drug-likeness (QED) is 0.790. The van der Waals surface area contributed by atoms with Crippen LogP contribution in [0.4, 0.5) is 0 Å². The van der Waals surface area contributed by atoms with Gasteiger partial charge in [-0.1, -0.05) is 13.8 Å². The summed E-state index contributed by atoms with van der Waals surface area (Å²) in [5.41, 5.74) is 5.62. The molecule has 0 aliphatic rings. The van der Waals surface area contributed by atoms with Crippen molar-refractivity contribution in [3.05, 3.63) is 0 Å². The van der Waals surface area contributed by atoms with E-state index in [9.17, 15) is 8.42 Å². The maximum Gasteiger partial charge on any atom is 0.155 e. The molecule has 0 aromatic carbocycles. The molecule has 0 rings (SSSR count). The summed E-state index contributed by atoms with van der Waals surface area (Å²) >= 11 is 0. The predicted octanol–water partition coefficient (Wildman–Crippen LogP) is 1.82. The van der Waals surface area contributed by atoms with Crippen LogP contribution in [0, 0.1) is 11.8 Å². The van der Waals surface area contributed by atoms with Gasteiger partial charge in [0.2, 0.25) is 0 Å². The molecule has 3 nitrogen and oxygen atoms in total. The SMILES string of the molecule is CC(C)C(CN)CCS(=O)(=O)C(C)(C)C. The topological polar surface area (TPSA) is 60.2 Å². The molecule has 0 fully saturated rings. The van der Waals surface area contributed by atoms with E-state index in [4.69, 9.17) is 5.73 Å². The van der Waals surface area contributed by atoms with Crippen LogP contribution in [0.2, 0.25) is 0 Å². The van der Waals surface area contributed by atoms with Gasteiger partial charge in [0.25, 0.3) is 0 Å². The molecule has 0 aromatic rings. The van der Waals surface area contributed by atoms with Crippen LogP contribution in [0.3, 0.4) is 0 Å². The molecule has 0 amide bonds. The highest BCUT2D eigenvalue weighted by atomic mass is 32.2. The molecule has 0 saturated heterocycles. The molecule has 0 aliphatic carbocycles. The van der Waals surface area contributed by atoms with Crippen LogP contribution < -0.4 is 5.73 Å². The van der Waals surface area contributed by atoms with E-state index < -0.39 is 14.6 Å². The lowest BCUT2D eigenvalue weighted by Gasteiger charge is -2.23. The average molecular weight is 235 g/mol. The minimum Gasteiger partial charge on any atom is -0.330 e. The monoisotopic (exact) mass is 235 g/mol. The fraction of sp³-hybridized carbons (Fsp3) is 1.00. The van der Waals surface area contributed by atoms with Gasteiger partial charge < -0.3 is 5.73 Å². The summed E-state index contributed by atoms with van der Waals surface area (Å²) in [6.07, 6.45) is 0.674. The van der Waals surface area contributed by atoms with Crippen molar-refractivity contribution in [2.24, 2.45) is 17.6 Å². The maximum atomic E-state index is 11.9. The molecule has 0 radical (unpaired) electrons. The zero-order valence-corrected chi connectivity index (χ0v) is 11.4. The van der Waals surface area contributed by atoms with E-state index in [0.29, 0.717) is 24.8 Å². The lowest BCUT2D eigenvalue weighted by Crippen LogP contribution is -2.32. The first-order valence-corrected chi connectivity index (χ1v) is 7.19. The molecule has 4 heteroatoms. The standard InChI is InChI=1S/C11H25NO2S/c1-9(2)10(8-12)6-7-15(13,14)11(3,4)5/h9-10H,6-8,12H2,1-5H3. The largest absolute Gasteiger partial charge is 0.330 e. The molecule has 0 heterocycles. The van der Waals surface area contributed by atoms with Gasteiger partial charge >= 0.3 is 0 Å². The van der Waals surface area contributed by atoms with E-state index in [0.717, 1.165) is 0 Å². The van der Waals surface area contributed by atoms with Crippen LogP contribution in [0.5, 0.6) is 0 Å². The molecule has 0 saturated carbocycles. The Bertz CT molecular complexity index is 275. The van der Waals surface area contributed by atoms with Gasteiger partial charge in [-0.2, -0.15) is 0 Å². The Morgan fingerprint density at radius 2 is 1.67 bits per heavy atom. The third-order valence-corrected chi connectivity index (χ3v) is 5.58. The Morgan fingerprint density at radius 1 is 1.20 bits per heavy atom. The van der Waals surface area contributed by atoms with Crippen molar-refractivity contribution in [2.75, 3.05) is 12.3 Å². The molecule has 0 bridgehead atoms. The third kappa shape index (κ3) is 4.51. The van der Waals surface area contributed by atoms with Crippen molar-refractivity contribution in [2.45, 2.75) is 45.8 Å². The van der Waals surface area contributed by atoms with Gasteiger partial charge in [-0.25, -0.2) is 8.42 Å². The normalized spacial score (nSPS) is 15.7. The van der Waals surface area contributed by atoms with Crippen LogP contribution in [-0.4, -0.2) is 25.5 Å². The highest BCUT2D eigenvalue weighted by Crippen LogP contribution is 2.21. The molecule has 0 aliphatic heterocycles. The molecular formula is C11H25NO2S. The van der Waals surface area contributed by atoms with Crippen molar-refractivity contribution >= 4 is 9.84 Å². The highest BCUT2D eigenvalue weighted by Gasteiger charge is 2.29. The first-order valence-electron chi connectivity index (χ1n) is 5.54. The van der Waals surface area contributed by atoms with E-state index >= 15 is 0 Å². The molecule has 2 N–H and O–H groups in total. The highest BCUT2D eigenvalue weighted by molar-refractivity contribution is 7.92. The van der Waals surface area contributed by atoms with Crippen molar-refractivity contribution in [1.29, 1.82) is 0 Å². The summed E-state index contributed by atoms with van der Waals surface area (Å²) in [6, 6.07) is 0. The van der Waals surface area contributed by atoms with Gasteiger partial charge in [0, 0.05) is 0 Å². The molecule has 1 unspecified atom stereocenters. The van der Waals surface area contributed by atoms with Crippen LogP contribution >= 0.6 is 0 Å². The Hall–Kier alpha value is -0.0900. The number of sulfone groups is 1. The minimum atomic E-state index is -2.99. The van der Waals surface area contributed by atoms with Gasteiger partial charge in [-0.05, 0) is 45.6 Å². The number of nitrogens with two attached hydrogens (primary N) is 1. The van der Waals surface area contributed by atoms with Gasteiger partial charge in [-0.3, -0.25) is 0 Å². The Kier molecular flexibility index (Phi) is 5.27. The summed E-state index contributed by atoms with van der Waals surface area (Å²) in [6.45, 7) is 9.97. The molecule has 0 spiro atoms. The van der Waals surface area contributed by atoms with Gasteiger partial charge in [0.15, 0.2) is 9.84 Å². The summed E-state index contributed by atoms with van der Waals surface area (Å²) in [5.74, 6) is 1.00. The smallest absolute Gasteiger partial charge is 0.155 e. The Balaban J connectivity index is 4.39. The van der Waals surface area contributed by atoms with Gasteiger partial charge in [0.05, 0.1) is 10.5 Å². The lowest BCUT2D eigenvalue weighted by atomic mass is 9.94. The van der Waals surface area contributed by atoms with E-state index in [2.05, 4.69) is 13.8 Å². The second kappa shape index (κ2) is 5.30. The van der Waals surface area contributed by atoms with E-state index in [1.165, 1.54) is 0 Å². The molecule has 15 heavy (non-hydrogen) atoms. The predicted molar refractivity (Wildman–Crippen MR) is 65.5 cm³/mol. The lowest BCUT2D eigenvalue weighted by molar-refractivity contribution is 0.381. The van der Waals surface area contributed by atoms with E-state index in [-0.39, 0.29) is 5.75 Å². The van der Waals surface area contributed by atoms with Crippen LogP contribution in [-0.2, 0) is 9.84 Å². The first-order chi connectivity index (χ1) is 6.62. The van der Waals surface area contributed by atoms with E-state index in [1.807, 2.05) is 0 Å². The van der Waals surface area contributed by atoms with Gasteiger partial charge in [0.1, 0.15) is 0 Å². The maximum absolute atomic E-state index is 11.9. The van der Waals surface area contributed by atoms with Crippen molar-refractivity contribution in [3.63, 3.8) is 0 Å². The second-order valence-electron chi connectivity index (χ2n) is 5.46.